The number of halogens is 1. The van der Waals surface area contributed by atoms with Crippen LogP contribution in [0.15, 0.2) is 71.6 Å². The highest BCUT2D eigenvalue weighted by atomic mass is 32.2. The molecule has 3 aromatic rings. The minimum absolute atomic E-state index is 0.0423. The average Bonchev–Trinajstić information content (AvgIpc) is 2.79. The Morgan fingerprint density at radius 3 is 2.39 bits per heavy atom. The van der Waals surface area contributed by atoms with Crippen LogP contribution in [0.4, 0.5) is 15.8 Å². The molecule has 33 heavy (non-hydrogen) atoms. The summed E-state index contributed by atoms with van der Waals surface area (Å²) in [4.78, 5) is 24.1. The highest BCUT2D eigenvalue weighted by Gasteiger charge is 2.18. The Labute approximate surface area is 190 Å². The highest BCUT2D eigenvalue weighted by molar-refractivity contribution is 7.92. The molecule has 0 aliphatic carbocycles. The number of anilines is 2. The Morgan fingerprint density at radius 2 is 1.73 bits per heavy atom. The predicted molar refractivity (Wildman–Crippen MR) is 120 cm³/mol. The van der Waals surface area contributed by atoms with Gasteiger partial charge in [-0.3, -0.25) is 9.52 Å². The lowest BCUT2D eigenvalue weighted by molar-refractivity contribution is -0.119. The number of hydrogen-bond donors (Lipinski definition) is 2. The Hall–Kier alpha value is -3.92. The Kier molecular flexibility index (Phi) is 7.29. The van der Waals surface area contributed by atoms with Crippen LogP contribution in [0.5, 0.6) is 5.75 Å². The van der Waals surface area contributed by atoms with Crippen molar-refractivity contribution in [1.29, 1.82) is 0 Å². The lowest BCUT2D eigenvalue weighted by atomic mass is 10.2. The Bertz CT molecular complexity index is 1280. The van der Waals surface area contributed by atoms with Gasteiger partial charge in [0.1, 0.15) is 11.6 Å². The third-order valence-electron chi connectivity index (χ3n) is 4.46. The molecule has 0 bridgehead atoms. The van der Waals surface area contributed by atoms with Crippen LogP contribution in [0.1, 0.15) is 15.9 Å². The maximum atomic E-state index is 13.8. The van der Waals surface area contributed by atoms with Crippen molar-refractivity contribution in [2.75, 3.05) is 23.8 Å². The van der Waals surface area contributed by atoms with Gasteiger partial charge in [-0.25, -0.2) is 17.6 Å². The number of aryl methyl sites for hydroxylation is 1. The van der Waals surface area contributed by atoms with Crippen LogP contribution in [0.2, 0.25) is 0 Å². The van der Waals surface area contributed by atoms with Crippen molar-refractivity contribution in [2.45, 2.75) is 11.8 Å². The zero-order valence-corrected chi connectivity index (χ0v) is 18.6. The summed E-state index contributed by atoms with van der Waals surface area (Å²) in [6, 6.07) is 15.7. The number of rotatable bonds is 8. The summed E-state index contributed by atoms with van der Waals surface area (Å²) < 4.78 is 51.5. The standard InChI is InChI=1S/C23H21FN2O6S/c1-15-6-11-21(20(24)12-15)25-22(27)14-32-23(28)16-4-3-5-19(13-16)33(29,30)26-17-7-9-18(31-2)10-8-17/h3-13,26H,14H2,1-2H3,(H,25,27). The first-order valence-corrected chi connectivity index (χ1v) is 11.2. The van der Waals surface area contributed by atoms with E-state index in [-0.39, 0.29) is 16.1 Å². The van der Waals surface area contributed by atoms with Gasteiger partial charge < -0.3 is 14.8 Å². The molecule has 1 amide bonds. The largest absolute Gasteiger partial charge is 0.497 e. The fourth-order valence-corrected chi connectivity index (χ4v) is 3.89. The Morgan fingerprint density at radius 1 is 1.00 bits per heavy atom. The minimum Gasteiger partial charge on any atom is -0.497 e. The first-order valence-electron chi connectivity index (χ1n) is 9.68. The molecule has 0 saturated heterocycles. The van der Waals surface area contributed by atoms with E-state index in [1.807, 2.05) is 0 Å². The summed E-state index contributed by atoms with van der Waals surface area (Å²) in [5.74, 6) is -1.69. The molecule has 172 valence electrons. The van der Waals surface area contributed by atoms with Gasteiger partial charge in [0.15, 0.2) is 6.61 Å². The SMILES string of the molecule is COc1ccc(NS(=O)(=O)c2cccc(C(=O)OCC(=O)Nc3ccc(C)cc3F)c2)cc1. The predicted octanol–water partition coefficient (Wildman–Crippen LogP) is 3.74. The molecule has 2 N–H and O–H groups in total. The second-order valence-electron chi connectivity index (χ2n) is 6.97. The molecule has 10 heteroatoms. The van der Waals surface area contributed by atoms with Crippen molar-refractivity contribution in [3.63, 3.8) is 0 Å². The van der Waals surface area contributed by atoms with E-state index in [0.717, 1.165) is 6.07 Å². The van der Waals surface area contributed by atoms with Crippen molar-refractivity contribution in [3.05, 3.63) is 83.7 Å². The van der Waals surface area contributed by atoms with Gasteiger partial charge in [-0.2, -0.15) is 0 Å². The van der Waals surface area contributed by atoms with Gasteiger partial charge in [-0.05, 0) is 67.1 Å². The van der Waals surface area contributed by atoms with Gasteiger partial charge in [-0.1, -0.05) is 12.1 Å². The second-order valence-corrected chi connectivity index (χ2v) is 8.65. The number of amides is 1. The van der Waals surface area contributed by atoms with Crippen molar-refractivity contribution in [1.82, 2.24) is 0 Å². The van der Waals surface area contributed by atoms with E-state index in [9.17, 15) is 22.4 Å². The molecule has 0 aliphatic heterocycles. The van der Waals surface area contributed by atoms with E-state index >= 15 is 0 Å². The number of sulfonamides is 1. The molecule has 3 aromatic carbocycles. The summed E-state index contributed by atoms with van der Waals surface area (Å²) in [7, 11) is -2.49. The van der Waals surface area contributed by atoms with E-state index in [1.54, 1.807) is 25.1 Å². The van der Waals surface area contributed by atoms with Gasteiger partial charge in [0.2, 0.25) is 0 Å². The molecular weight excluding hydrogens is 451 g/mol. The minimum atomic E-state index is -3.99. The van der Waals surface area contributed by atoms with Gasteiger partial charge in [0.05, 0.1) is 23.3 Å². The summed E-state index contributed by atoms with van der Waals surface area (Å²) in [6.45, 7) is 1.03. The average molecular weight is 472 g/mol. The summed E-state index contributed by atoms with van der Waals surface area (Å²) in [5.41, 5.74) is 0.887. The van der Waals surface area contributed by atoms with Crippen LogP contribution in [0, 0.1) is 12.7 Å². The van der Waals surface area contributed by atoms with Crippen molar-refractivity contribution in [2.24, 2.45) is 0 Å². The van der Waals surface area contributed by atoms with Crippen LogP contribution in [0.3, 0.4) is 0 Å². The van der Waals surface area contributed by atoms with Gasteiger partial charge >= 0.3 is 5.97 Å². The van der Waals surface area contributed by atoms with Gasteiger partial charge in [0.25, 0.3) is 15.9 Å². The third-order valence-corrected chi connectivity index (χ3v) is 5.83. The van der Waals surface area contributed by atoms with Crippen LogP contribution < -0.4 is 14.8 Å². The fourth-order valence-electron chi connectivity index (χ4n) is 2.79. The quantitative estimate of drug-likeness (QED) is 0.483. The monoisotopic (exact) mass is 472 g/mol. The zero-order valence-electron chi connectivity index (χ0n) is 17.8. The maximum Gasteiger partial charge on any atom is 0.338 e. The lowest BCUT2D eigenvalue weighted by Crippen LogP contribution is -2.21. The molecule has 3 rings (SSSR count). The molecule has 8 nitrogen and oxygen atoms in total. The molecule has 0 radical (unpaired) electrons. The number of nitrogens with one attached hydrogen (secondary N) is 2. The molecule has 0 spiro atoms. The van der Waals surface area contributed by atoms with Crippen LogP contribution in [0.25, 0.3) is 0 Å². The molecule has 0 fully saturated rings. The number of hydrogen-bond acceptors (Lipinski definition) is 6. The van der Waals surface area contributed by atoms with Crippen molar-refractivity contribution >= 4 is 33.3 Å². The van der Waals surface area contributed by atoms with E-state index in [1.165, 1.54) is 49.6 Å². The van der Waals surface area contributed by atoms with E-state index < -0.39 is 34.3 Å². The van der Waals surface area contributed by atoms with Gasteiger partial charge in [0, 0.05) is 5.69 Å². The number of esters is 1. The number of carbonyl (C=O) groups is 2. The first-order chi connectivity index (χ1) is 15.7. The Balaban J connectivity index is 1.64. The van der Waals surface area contributed by atoms with Crippen molar-refractivity contribution < 1.29 is 31.9 Å². The zero-order chi connectivity index (χ0) is 24.0. The molecule has 0 unspecified atom stereocenters. The van der Waals surface area contributed by atoms with E-state index in [2.05, 4.69) is 10.0 Å². The molecule has 0 atom stereocenters. The summed E-state index contributed by atoms with van der Waals surface area (Å²) >= 11 is 0. The first kappa shape index (κ1) is 23.7. The van der Waals surface area contributed by atoms with Crippen LogP contribution in [-0.4, -0.2) is 34.0 Å². The molecule has 0 aliphatic rings. The van der Waals surface area contributed by atoms with Crippen molar-refractivity contribution in [3.8, 4) is 5.75 Å². The van der Waals surface area contributed by atoms with Gasteiger partial charge in [-0.15, -0.1) is 0 Å². The number of benzene rings is 3. The molecule has 0 saturated carbocycles. The topological polar surface area (TPSA) is 111 Å². The van der Waals surface area contributed by atoms with E-state index in [4.69, 9.17) is 9.47 Å². The number of carbonyl (C=O) groups excluding carboxylic acids is 2. The molecular formula is C23H21FN2O6S. The molecule has 0 aromatic heterocycles. The summed E-state index contributed by atoms with van der Waals surface area (Å²) in [6.07, 6.45) is 0. The number of ether oxygens (including phenoxy) is 2. The smallest absolute Gasteiger partial charge is 0.338 e. The van der Waals surface area contributed by atoms with Crippen LogP contribution in [-0.2, 0) is 19.6 Å². The van der Waals surface area contributed by atoms with Crippen LogP contribution >= 0.6 is 0 Å². The number of methoxy groups -OCH3 is 1. The normalized spacial score (nSPS) is 10.9. The maximum absolute atomic E-state index is 13.8. The highest BCUT2D eigenvalue weighted by Crippen LogP contribution is 2.20. The fraction of sp³-hybridized carbons (Fsp3) is 0.130. The second kappa shape index (κ2) is 10.1. The van der Waals surface area contributed by atoms with E-state index in [0.29, 0.717) is 17.0 Å². The molecule has 0 heterocycles. The third kappa shape index (κ3) is 6.30. The summed E-state index contributed by atoms with van der Waals surface area (Å²) in [5, 5.41) is 2.31. The lowest BCUT2D eigenvalue weighted by Gasteiger charge is -2.10.